The smallest absolute Gasteiger partial charge is 0.201 e. The Bertz CT molecular complexity index is 482. The molecular weight excluding hydrogens is 302 g/mol. The van der Waals surface area contributed by atoms with Crippen molar-refractivity contribution in [1.29, 1.82) is 0 Å². The monoisotopic (exact) mass is 313 g/mol. The highest BCUT2D eigenvalue weighted by molar-refractivity contribution is 9.11. The summed E-state index contributed by atoms with van der Waals surface area (Å²) in [5, 5.41) is 0.759. The van der Waals surface area contributed by atoms with Gasteiger partial charge in [-0.1, -0.05) is 11.3 Å². The third-order valence-corrected chi connectivity index (χ3v) is 3.22. The van der Waals surface area contributed by atoms with E-state index in [2.05, 4.69) is 20.9 Å². The zero-order chi connectivity index (χ0) is 12.3. The lowest BCUT2D eigenvalue weighted by Crippen LogP contribution is -2.05. The topological polar surface area (TPSA) is 31.4 Å². The second kappa shape index (κ2) is 5.51. The molecular formula is C12H12BrNO2S. The Labute approximate surface area is 113 Å². The molecule has 2 rings (SSSR count). The molecule has 90 valence electrons. The molecule has 0 aliphatic rings. The second-order valence-electron chi connectivity index (χ2n) is 3.67. The number of thiazole rings is 1. The first-order valence-corrected chi connectivity index (χ1v) is 6.80. The third kappa shape index (κ3) is 3.71. The molecule has 0 spiro atoms. The molecule has 1 aromatic heterocycles. The Morgan fingerprint density at radius 2 is 1.82 bits per heavy atom. The van der Waals surface area contributed by atoms with E-state index in [0.29, 0.717) is 0 Å². The second-order valence-corrected chi connectivity index (χ2v) is 5.94. The van der Waals surface area contributed by atoms with Crippen molar-refractivity contribution in [3.8, 4) is 16.6 Å². The van der Waals surface area contributed by atoms with E-state index in [4.69, 9.17) is 9.47 Å². The quantitative estimate of drug-likeness (QED) is 0.833. The molecule has 0 radical (unpaired) electrons. The van der Waals surface area contributed by atoms with E-state index in [1.807, 2.05) is 38.1 Å². The number of hydrogen-bond acceptors (Lipinski definition) is 4. The van der Waals surface area contributed by atoms with Crippen molar-refractivity contribution >= 4 is 27.3 Å². The normalized spacial score (nSPS) is 10.6. The van der Waals surface area contributed by atoms with Gasteiger partial charge in [0.2, 0.25) is 5.06 Å². The first-order chi connectivity index (χ1) is 8.13. The molecule has 2 aromatic rings. The maximum atomic E-state index is 5.63. The summed E-state index contributed by atoms with van der Waals surface area (Å²) in [6.07, 6.45) is 1.87. The lowest BCUT2D eigenvalue weighted by atomic mass is 10.3. The highest BCUT2D eigenvalue weighted by atomic mass is 79.9. The maximum absolute atomic E-state index is 5.63. The lowest BCUT2D eigenvalue weighted by molar-refractivity contribution is 0.242. The van der Waals surface area contributed by atoms with Gasteiger partial charge in [-0.25, -0.2) is 4.98 Å². The summed E-state index contributed by atoms with van der Waals surface area (Å²) in [5.41, 5.74) is 0. The van der Waals surface area contributed by atoms with E-state index in [-0.39, 0.29) is 6.10 Å². The van der Waals surface area contributed by atoms with Crippen LogP contribution in [0.2, 0.25) is 0 Å². The molecule has 0 atom stereocenters. The minimum absolute atomic E-state index is 0.180. The van der Waals surface area contributed by atoms with Crippen LogP contribution in [0.4, 0.5) is 0 Å². The van der Waals surface area contributed by atoms with Crippen LogP contribution in [0.3, 0.4) is 0 Å². The van der Waals surface area contributed by atoms with Gasteiger partial charge in [-0.15, -0.1) is 0 Å². The van der Waals surface area contributed by atoms with Gasteiger partial charge in [0, 0.05) is 0 Å². The number of halogens is 1. The fraction of sp³-hybridized carbons (Fsp3) is 0.250. The Morgan fingerprint density at radius 1 is 1.18 bits per heavy atom. The van der Waals surface area contributed by atoms with E-state index in [1.54, 1.807) is 6.20 Å². The van der Waals surface area contributed by atoms with E-state index in [0.717, 1.165) is 20.5 Å². The van der Waals surface area contributed by atoms with Crippen LogP contribution in [0.15, 0.2) is 34.4 Å². The van der Waals surface area contributed by atoms with Crippen molar-refractivity contribution in [2.24, 2.45) is 0 Å². The molecule has 1 heterocycles. The minimum Gasteiger partial charge on any atom is -0.491 e. The molecule has 17 heavy (non-hydrogen) atoms. The third-order valence-electron chi connectivity index (χ3n) is 1.87. The maximum Gasteiger partial charge on any atom is 0.201 e. The van der Waals surface area contributed by atoms with E-state index < -0.39 is 0 Å². The van der Waals surface area contributed by atoms with Crippen molar-refractivity contribution in [1.82, 2.24) is 4.98 Å². The molecule has 3 nitrogen and oxygen atoms in total. The van der Waals surface area contributed by atoms with Crippen LogP contribution in [0, 0.1) is 0 Å². The first kappa shape index (κ1) is 12.4. The van der Waals surface area contributed by atoms with Crippen LogP contribution in [-0.4, -0.2) is 11.1 Å². The molecule has 0 aliphatic carbocycles. The molecule has 0 fully saturated rings. The lowest BCUT2D eigenvalue weighted by Gasteiger charge is -2.09. The predicted octanol–water partition coefficient (Wildman–Crippen LogP) is 4.49. The predicted molar refractivity (Wildman–Crippen MR) is 72.1 cm³/mol. The van der Waals surface area contributed by atoms with Crippen LogP contribution < -0.4 is 9.47 Å². The summed E-state index contributed by atoms with van der Waals surface area (Å²) >= 11 is 4.74. The standard InChI is InChI=1S/C12H12BrNO2S/c1-8(2)15-9-3-5-10(6-4-9)16-11-7-14-12(13)17-11/h3-8H,1-2H3. The van der Waals surface area contributed by atoms with Crippen LogP contribution in [-0.2, 0) is 0 Å². The van der Waals surface area contributed by atoms with Crippen LogP contribution >= 0.6 is 27.3 Å². The molecule has 0 unspecified atom stereocenters. The van der Waals surface area contributed by atoms with Gasteiger partial charge in [0.25, 0.3) is 0 Å². The van der Waals surface area contributed by atoms with Crippen molar-refractivity contribution in [2.45, 2.75) is 20.0 Å². The summed E-state index contributed by atoms with van der Waals surface area (Å²) in [5.74, 6) is 1.62. The van der Waals surface area contributed by atoms with Crippen molar-refractivity contribution < 1.29 is 9.47 Å². The van der Waals surface area contributed by atoms with Gasteiger partial charge >= 0.3 is 0 Å². The fourth-order valence-electron chi connectivity index (χ4n) is 1.26. The summed E-state index contributed by atoms with van der Waals surface area (Å²) in [4.78, 5) is 4.06. The number of rotatable bonds is 4. The SMILES string of the molecule is CC(C)Oc1ccc(Oc2cnc(Br)s2)cc1. The highest BCUT2D eigenvalue weighted by Crippen LogP contribution is 2.30. The molecule has 0 N–H and O–H groups in total. The van der Waals surface area contributed by atoms with Gasteiger partial charge in [-0.05, 0) is 54.0 Å². The van der Waals surface area contributed by atoms with Gasteiger partial charge in [-0.2, -0.15) is 0 Å². The summed E-state index contributed by atoms with van der Waals surface area (Å²) in [7, 11) is 0. The molecule has 0 aliphatic heterocycles. The van der Waals surface area contributed by atoms with Crippen molar-refractivity contribution in [2.75, 3.05) is 0 Å². The van der Waals surface area contributed by atoms with Gasteiger partial charge in [0.15, 0.2) is 3.92 Å². The average molecular weight is 314 g/mol. The fourth-order valence-corrected chi connectivity index (χ4v) is 2.36. The van der Waals surface area contributed by atoms with Crippen molar-refractivity contribution in [3.63, 3.8) is 0 Å². The largest absolute Gasteiger partial charge is 0.491 e. The van der Waals surface area contributed by atoms with Gasteiger partial charge in [0.1, 0.15) is 11.5 Å². The average Bonchev–Trinajstić information content (AvgIpc) is 2.66. The number of ether oxygens (including phenoxy) is 2. The Kier molecular flexibility index (Phi) is 4.02. The van der Waals surface area contributed by atoms with E-state index in [9.17, 15) is 0 Å². The number of hydrogen-bond donors (Lipinski definition) is 0. The number of aromatic nitrogens is 1. The van der Waals surface area contributed by atoms with E-state index >= 15 is 0 Å². The van der Waals surface area contributed by atoms with Gasteiger partial charge < -0.3 is 9.47 Å². The van der Waals surface area contributed by atoms with Crippen LogP contribution in [0.25, 0.3) is 0 Å². The molecule has 0 amide bonds. The minimum atomic E-state index is 0.180. The Morgan fingerprint density at radius 3 is 2.35 bits per heavy atom. The van der Waals surface area contributed by atoms with Crippen LogP contribution in [0.1, 0.15) is 13.8 Å². The molecule has 0 bridgehead atoms. The van der Waals surface area contributed by atoms with E-state index in [1.165, 1.54) is 11.3 Å². The Balaban J connectivity index is 2.03. The number of benzene rings is 1. The van der Waals surface area contributed by atoms with Crippen LogP contribution in [0.5, 0.6) is 16.6 Å². The van der Waals surface area contributed by atoms with Gasteiger partial charge in [0.05, 0.1) is 12.3 Å². The summed E-state index contributed by atoms with van der Waals surface area (Å²) < 4.78 is 12.0. The molecule has 0 saturated heterocycles. The zero-order valence-electron chi connectivity index (χ0n) is 9.51. The highest BCUT2D eigenvalue weighted by Gasteiger charge is 2.03. The molecule has 5 heteroatoms. The molecule has 0 saturated carbocycles. The Hall–Kier alpha value is -1.07. The molecule has 1 aromatic carbocycles. The summed E-state index contributed by atoms with van der Waals surface area (Å²) in [6, 6.07) is 7.55. The first-order valence-electron chi connectivity index (χ1n) is 5.19. The number of nitrogens with zero attached hydrogens (tertiary/aromatic N) is 1. The summed E-state index contributed by atoms with van der Waals surface area (Å²) in [6.45, 7) is 4.00. The van der Waals surface area contributed by atoms with Crippen molar-refractivity contribution in [3.05, 3.63) is 34.4 Å². The van der Waals surface area contributed by atoms with Gasteiger partial charge in [-0.3, -0.25) is 0 Å². The zero-order valence-corrected chi connectivity index (χ0v) is 11.9.